The van der Waals surface area contributed by atoms with E-state index in [9.17, 15) is 9.90 Å². The largest absolute Gasteiger partial charge is 0.365 e. The highest BCUT2D eigenvalue weighted by Gasteiger charge is 2.42. The standard InChI is InChI=1S/C14H18O3/c1-17-14(16)9-7-13(11-15,8-10-14)12-5-3-2-4-6-12/h2-6,11,16H,7-10H2,1H3. The Labute approximate surface area is 101 Å². The van der Waals surface area contributed by atoms with Crippen molar-refractivity contribution in [2.24, 2.45) is 0 Å². The van der Waals surface area contributed by atoms with Crippen LogP contribution in [0.2, 0.25) is 0 Å². The van der Waals surface area contributed by atoms with Crippen molar-refractivity contribution in [2.45, 2.75) is 36.9 Å². The molecule has 0 spiro atoms. The molecule has 0 bridgehead atoms. The summed E-state index contributed by atoms with van der Waals surface area (Å²) in [7, 11) is 1.51. The van der Waals surface area contributed by atoms with Gasteiger partial charge in [-0.15, -0.1) is 0 Å². The molecule has 1 fully saturated rings. The third-order valence-electron chi connectivity index (χ3n) is 3.88. The minimum absolute atomic E-state index is 0.452. The van der Waals surface area contributed by atoms with Crippen molar-refractivity contribution in [3.8, 4) is 0 Å². The maximum absolute atomic E-state index is 11.5. The lowest BCUT2D eigenvalue weighted by atomic mass is 9.69. The van der Waals surface area contributed by atoms with E-state index in [1.54, 1.807) is 0 Å². The van der Waals surface area contributed by atoms with Gasteiger partial charge in [0.2, 0.25) is 0 Å². The van der Waals surface area contributed by atoms with E-state index in [0.29, 0.717) is 25.7 Å². The van der Waals surface area contributed by atoms with Crippen LogP contribution in [0.1, 0.15) is 31.2 Å². The zero-order valence-electron chi connectivity index (χ0n) is 10.1. The molecule has 3 heteroatoms. The van der Waals surface area contributed by atoms with Crippen molar-refractivity contribution < 1.29 is 14.6 Å². The summed E-state index contributed by atoms with van der Waals surface area (Å²) in [4.78, 5) is 11.5. The average molecular weight is 234 g/mol. The fraction of sp³-hybridized carbons (Fsp3) is 0.500. The van der Waals surface area contributed by atoms with E-state index in [-0.39, 0.29) is 0 Å². The molecule has 1 aliphatic carbocycles. The molecular weight excluding hydrogens is 216 g/mol. The smallest absolute Gasteiger partial charge is 0.165 e. The number of carbonyl (C=O) groups is 1. The average Bonchev–Trinajstić information content (AvgIpc) is 2.41. The van der Waals surface area contributed by atoms with Gasteiger partial charge < -0.3 is 14.6 Å². The molecule has 1 aliphatic rings. The SMILES string of the molecule is COC1(O)CCC(C=O)(c2ccccc2)CC1. The van der Waals surface area contributed by atoms with Crippen LogP contribution in [-0.2, 0) is 14.9 Å². The van der Waals surface area contributed by atoms with Gasteiger partial charge in [-0.25, -0.2) is 0 Å². The first-order chi connectivity index (χ1) is 8.14. The maximum Gasteiger partial charge on any atom is 0.165 e. The van der Waals surface area contributed by atoms with E-state index in [1.165, 1.54) is 7.11 Å². The van der Waals surface area contributed by atoms with Crippen LogP contribution in [0, 0.1) is 0 Å². The van der Waals surface area contributed by atoms with Crippen molar-refractivity contribution >= 4 is 6.29 Å². The molecular formula is C14H18O3. The summed E-state index contributed by atoms with van der Waals surface area (Å²) in [5.74, 6) is -1.05. The molecule has 17 heavy (non-hydrogen) atoms. The molecule has 0 heterocycles. The Morgan fingerprint density at radius 2 is 1.76 bits per heavy atom. The maximum atomic E-state index is 11.5. The van der Waals surface area contributed by atoms with Crippen LogP contribution in [0.15, 0.2) is 30.3 Å². The number of aldehydes is 1. The molecule has 1 aromatic rings. The monoisotopic (exact) mass is 234 g/mol. The number of rotatable bonds is 3. The second-order valence-corrected chi connectivity index (χ2v) is 4.79. The van der Waals surface area contributed by atoms with Crippen LogP contribution in [0.5, 0.6) is 0 Å². The number of hydrogen-bond donors (Lipinski definition) is 1. The molecule has 0 atom stereocenters. The second kappa shape index (κ2) is 4.59. The highest BCUT2D eigenvalue weighted by atomic mass is 16.6. The zero-order chi connectivity index (χ0) is 12.4. The summed E-state index contributed by atoms with van der Waals surface area (Å²) in [6.07, 6.45) is 3.28. The fourth-order valence-corrected chi connectivity index (χ4v) is 2.54. The highest BCUT2D eigenvalue weighted by Crippen LogP contribution is 2.41. The predicted octanol–water partition coefficient (Wildman–Crippen LogP) is 2.03. The first kappa shape index (κ1) is 12.3. The third-order valence-corrected chi connectivity index (χ3v) is 3.88. The number of benzene rings is 1. The van der Waals surface area contributed by atoms with Gasteiger partial charge in [-0.2, -0.15) is 0 Å². The number of carbonyl (C=O) groups excluding carboxylic acids is 1. The van der Waals surface area contributed by atoms with Gasteiger partial charge in [-0.1, -0.05) is 30.3 Å². The van der Waals surface area contributed by atoms with E-state index in [4.69, 9.17) is 4.74 Å². The van der Waals surface area contributed by atoms with Crippen molar-refractivity contribution in [3.63, 3.8) is 0 Å². The van der Waals surface area contributed by atoms with Crippen molar-refractivity contribution in [2.75, 3.05) is 7.11 Å². The van der Waals surface area contributed by atoms with Gasteiger partial charge in [0.1, 0.15) is 6.29 Å². The van der Waals surface area contributed by atoms with Gasteiger partial charge in [0, 0.05) is 20.0 Å². The van der Waals surface area contributed by atoms with Crippen LogP contribution in [0.4, 0.5) is 0 Å². The van der Waals surface area contributed by atoms with E-state index < -0.39 is 11.2 Å². The van der Waals surface area contributed by atoms with E-state index in [1.807, 2.05) is 30.3 Å². The molecule has 0 unspecified atom stereocenters. The third kappa shape index (κ3) is 2.26. The Hall–Kier alpha value is -1.19. The Balaban J connectivity index is 2.22. The van der Waals surface area contributed by atoms with E-state index in [0.717, 1.165) is 11.8 Å². The van der Waals surface area contributed by atoms with Crippen molar-refractivity contribution in [1.82, 2.24) is 0 Å². The number of ether oxygens (including phenoxy) is 1. The Bertz CT molecular complexity index is 378. The summed E-state index contributed by atoms with van der Waals surface area (Å²) in [5.41, 5.74) is 0.583. The summed E-state index contributed by atoms with van der Waals surface area (Å²) < 4.78 is 5.09. The van der Waals surface area contributed by atoms with Crippen molar-refractivity contribution in [3.05, 3.63) is 35.9 Å². The topological polar surface area (TPSA) is 46.5 Å². The van der Waals surface area contributed by atoms with Crippen LogP contribution in [0.25, 0.3) is 0 Å². The summed E-state index contributed by atoms with van der Waals surface area (Å²) in [5, 5.41) is 10.0. The van der Waals surface area contributed by atoms with E-state index >= 15 is 0 Å². The van der Waals surface area contributed by atoms with Crippen molar-refractivity contribution in [1.29, 1.82) is 0 Å². The number of methoxy groups -OCH3 is 1. The number of hydrogen-bond acceptors (Lipinski definition) is 3. The first-order valence-corrected chi connectivity index (χ1v) is 5.94. The minimum Gasteiger partial charge on any atom is -0.365 e. The van der Waals surface area contributed by atoms with Crippen LogP contribution in [0.3, 0.4) is 0 Å². The number of aliphatic hydroxyl groups is 1. The molecule has 0 amide bonds. The molecule has 0 radical (unpaired) electrons. The second-order valence-electron chi connectivity index (χ2n) is 4.79. The van der Waals surface area contributed by atoms with Gasteiger partial charge in [0.15, 0.2) is 5.79 Å². The molecule has 0 aromatic heterocycles. The molecule has 2 rings (SSSR count). The van der Waals surface area contributed by atoms with Crippen LogP contribution in [-0.4, -0.2) is 24.3 Å². The van der Waals surface area contributed by atoms with E-state index in [2.05, 4.69) is 0 Å². The molecule has 3 nitrogen and oxygen atoms in total. The normalized spacial score (nSPS) is 33.3. The Kier molecular flexibility index (Phi) is 3.31. The summed E-state index contributed by atoms with van der Waals surface area (Å²) in [6.45, 7) is 0. The van der Waals surface area contributed by atoms with Gasteiger partial charge in [0.05, 0.1) is 5.41 Å². The zero-order valence-corrected chi connectivity index (χ0v) is 10.1. The summed E-state index contributed by atoms with van der Waals surface area (Å²) >= 11 is 0. The summed E-state index contributed by atoms with van der Waals surface area (Å²) in [6, 6.07) is 9.78. The molecule has 0 aliphatic heterocycles. The van der Waals surface area contributed by atoms with Gasteiger partial charge in [-0.05, 0) is 18.4 Å². The predicted molar refractivity (Wildman–Crippen MR) is 64.6 cm³/mol. The molecule has 1 N–H and O–H groups in total. The van der Waals surface area contributed by atoms with Crippen LogP contribution < -0.4 is 0 Å². The molecule has 1 aromatic carbocycles. The lowest BCUT2D eigenvalue weighted by molar-refractivity contribution is -0.209. The van der Waals surface area contributed by atoms with Gasteiger partial charge in [0.25, 0.3) is 0 Å². The lowest BCUT2D eigenvalue weighted by Gasteiger charge is -2.40. The van der Waals surface area contributed by atoms with Crippen LogP contribution >= 0.6 is 0 Å². The van der Waals surface area contributed by atoms with Gasteiger partial charge >= 0.3 is 0 Å². The lowest BCUT2D eigenvalue weighted by Crippen LogP contribution is -2.43. The quantitative estimate of drug-likeness (QED) is 0.643. The van der Waals surface area contributed by atoms with Gasteiger partial charge in [-0.3, -0.25) is 0 Å². The molecule has 92 valence electrons. The Morgan fingerprint density at radius 1 is 1.18 bits per heavy atom. The Morgan fingerprint density at radius 3 is 2.24 bits per heavy atom. The fourth-order valence-electron chi connectivity index (χ4n) is 2.54. The minimum atomic E-state index is -1.05. The molecule has 0 saturated heterocycles. The first-order valence-electron chi connectivity index (χ1n) is 5.94. The molecule has 1 saturated carbocycles. The highest BCUT2D eigenvalue weighted by molar-refractivity contribution is 5.68.